The van der Waals surface area contributed by atoms with Gasteiger partial charge in [-0.3, -0.25) is 4.79 Å². The van der Waals surface area contributed by atoms with Gasteiger partial charge < -0.3 is 3.96 Å². The normalized spacial score (nSPS) is 8.56. The minimum Gasteiger partial charge on any atom is -0.302 e. The highest BCUT2D eigenvalue weighted by Gasteiger charge is 1.85. The summed E-state index contributed by atoms with van der Waals surface area (Å²) >= 11 is 1.25. The first-order valence-corrected chi connectivity index (χ1v) is 3.27. The maximum atomic E-state index is 10.4. The highest BCUT2D eigenvalue weighted by Crippen LogP contribution is 1.88. The highest BCUT2D eigenvalue weighted by molar-refractivity contribution is 7.03. The van der Waals surface area contributed by atoms with E-state index in [-0.39, 0.29) is 17.1 Å². The van der Waals surface area contributed by atoms with Gasteiger partial charge in [-0.1, -0.05) is 0 Å². The van der Waals surface area contributed by atoms with E-state index in [2.05, 4.69) is 0 Å². The van der Waals surface area contributed by atoms with Crippen molar-refractivity contribution in [2.45, 2.75) is 13.5 Å². The van der Waals surface area contributed by atoms with Crippen LogP contribution in [0.15, 0.2) is 17.1 Å². The summed E-state index contributed by atoms with van der Waals surface area (Å²) in [6.45, 7) is 2.91. The highest BCUT2D eigenvalue weighted by atomic mass is 35.5. The van der Waals surface area contributed by atoms with Crippen molar-refractivity contribution < 1.29 is 0 Å². The predicted octanol–water partition coefficient (Wildman–Crippen LogP) is 1.35. The van der Waals surface area contributed by atoms with Crippen LogP contribution in [-0.2, 0) is 6.54 Å². The summed E-state index contributed by atoms with van der Waals surface area (Å²) in [5, 5.41) is 0. The number of aromatic nitrogens is 1. The van der Waals surface area contributed by atoms with Gasteiger partial charge in [-0.2, -0.15) is 0 Å². The fourth-order valence-electron chi connectivity index (χ4n) is 0.490. The quantitative estimate of drug-likeness (QED) is 0.616. The van der Waals surface area contributed by atoms with Crippen molar-refractivity contribution in [1.29, 1.82) is 0 Å². The average Bonchev–Trinajstić information content (AvgIpc) is 2.14. The molecular formula is C5H8ClNOS. The van der Waals surface area contributed by atoms with Crippen LogP contribution in [-0.4, -0.2) is 3.96 Å². The largest absolute Gasteiger partial charge is 0.302 e. The van der Waals surface area contributed by atoms with Crippen LogP contribution in [0.25, 0.3) is 0 Å². The zero-order chi connectivity index (χ0) is 5.98. The number of nitrogens with zero attached hydrogens (tertiary/aromatic N) is 1. The Balaban J connectivity index is 0.000000640. The Kier molecular flexibility index (Phi) is 3.58. The van der Waals surface area contributed by atoms with Gasteiger partial charge in [-0.25, -0.2) is 0 Å². The molecule has 1 aromatic rings. The van der Waals surface area contributed by atoms with E-state index in [4.69, 9.17) is 0 Å². The van der Waals surface area contributed by atoms with Crippen LogP contribution in [0.2, 0.25) is 0 Å². The second-order valence-electron chi connectivity index (χ2n) is 1.46. The summed E-state index contributed by atoms with van der Waals surface area (Å²) < 4.78 is 2.02. The summed E-state index contributed by atoms with van der Waals surface area (Å²) in [5.74, 6) is 0. The summed E-state index contributed by atoms with van der Waals surface area (Å²) in [7, 11) is 0. The van der Waals surface area contributed by atoms with Crippen LogP contribution >= 0.6 is 23.9 Å². The number of hydrogen-bond acceptors (Lipinski definition) is 2. The molecule has 2 nitrogen and oxygen atoms in total. The van der Waals surface area contributed by atoms with E-state index >= 15 is 0 Å². The molecule has 0 unspecified atom stereocenters. The lowest BCUT2D eigenvalue weighted by atomic mass is 10.7. The van der Waals surface area contributed by atoms with Gasteiger partial charge in [0.1, 0.15) is 0 Å². The molecule has 0 saturated carbocycles. The summed E-state index contributed by atoms with van der Waals surface area (Å²) in [6.07, 6.45) is 1.80. The van der Waals surface area contributed by atoms with E-state index in [9.17, 15) is 4.79 Å². The molecule has 0 bridgehead atoms. The second kappa shape index (κ2) is 3.69. The van der Waals surface area contributed by atoms with Crippen molar-refractivity contribution in [2.24, 2.45) is 0 Å². The van der Waals surface area contributed by atoms with E-state index in [0.717, 1.165) is 6.54 Å². The maximum Gasteiger partial charge on any atom is 0.249 e. The third-order valence-electron chi connectivity index (χ3n) is 0.896. The minimum atomic E-state index is 0. The van der Waals surface area contributed by atoms with E-state index in [0.29, 0.717) is 0 Å². The molecule has 0 fully saturated rings. The fraction of sp³-hybridized carbons (Fsp3) is 0.400. The Morgan fingerprint density at radius 2 is 2.44 bits per heavy atom. The monoisotopic (exact) mass is 165 g/mol. The molecule has 0 N–H and O–H groups in total. The van der Waals surface area contributed by atoms with Crippen molar-refractivity contribution >= 4 is 23.9 Å². The lowest BCUT2D eigenvalue weighted by Crippen LogP contribution is -1.85. The van der Waals surface area contributed by atoms with Crippen LogP contribution in [0, 0.1) is 0 Å². The van der Waals surface area contributed by atoms with E-state index in [1.165, 1.54) is 11.5 Å². The lowest BCUT2D eigenvalue weighted by molar-refractivity contribution is 0.839. The first-order chi connectivity index (χ1) is 3.83. The van der Waals surface area contributed by atoms with E-state index < -0.39 is 0 Å². The predicted molar refractivity (Wildman–Crippen MR) is 41.5 cm³/mol. The molecule has 9 heavy (non-hydrogen) atoms. The molecule has 0 spiro atoms. The molecule has 0 aliphatic heterocycles. The molecule has 0 aliphatic rings. The number of hydrogen-bond donors (Lipinski definition) is 0. The third kappa shape index (κ3) is 2.20. The topological polar surface area (TPSA) is 22.0 Å². The molecule has 0 aliphatic carbocycles. The van der Waals surface area contributed by atoms with Gasteiger partial charge in [0.25, 0.3) is 0 Å². The first kappa shape index (κ1) is 8.72. The SMILES string of the molecule is CCn1ccc(=O)s1.Cl. The van der Waals surface area contributed by atoms with E-state index in [1.807, 2.05) is 10.9 Å². The van der Waals surface area contributed by atoms with Crippen LogP contribution < -0.4 is 4.74 Å². The van der Waals surface area contributed by atoms with Crippen LogP contribution in [0.1, 0.15) is 6.92 Å². The fourth-order valence-corrected chi connectivity index (χ4v) is 1.09. The van der Waals surface area contributed by atoms with Gasteiger partial charge in [-0.15, -0.1) is 12.4 Å². The van der Waals surface area contributed by atoms with Gasteiger partial charge in [0.15, 0.2) is 0 Å². The average molecular weight is 166 g/mol. The summed E-state index contributed by atoms with van der Waals surface area (Å²) in [5.41, 5.74) is 0. The molecule has 4 heteroatoms. The van der Waals surface area contributed by atoms with Crippen molar-refractivity contribution in [2.75, 3.05) is 0 Å². The summed E-state index contributed by atoms with van der Waals surface area (Å²) in [4.78, 5) is 10.4. The second-order valence-corrected chi connectivity index (χ2v) is 2.51. The molecule has 0 amide bonds. The molecule has 0 radical (unpaired) electrons. The lowest BCUT2D eigenvalue weighted by Gasteiger charge is -1.87. The standard InChI is InChI=1S/C5H7NOS.ClH/c1-2-6-4-3-5(7)8-6;/h3-4H,2H2,1H3;1H. The van der Waals surface area contributed by atoms with Gasteiger partial charge >= 0.3 is 0 Å². The maximum absolute atomic E-state index is 10.4. The first-order valence-electron chi connectivity index (χ1n) is 2.49. The number of rotatable bonds is 1. The molecule has 1 rings (SSSR count). The van der Waals surface area contributed by atoms with E-state index in [1.54, 1.807) is 12.3 Å². The Bertz CT molecular complexity index is 217. The molecule has 0 atom stereocenters. The zero-order valence-electron chi connectivity index (χ0n) is 5.03. The molecule has 0 saturated heterocycles. The van der Waals surface area contributed by atoms with Gasteiger partial charge in [-0.05, 0) is 18.5 Å². The van der Waals surface area contributed by atoms with Crippen LogP contribution in [0.4, 0.5) is 0 Å². The molecule has 1 heterocycles. The Hall–Kier alpha value is -0.280. The van der Waals surface area contributed by atoms with Crippen LogP contribution in [0.3, 0.4) is 0 Å². The summed E-state index contributed by atoms with van der Waals surface area (Å²) in [6, 6.07) is 1.58. The Labute approximate surface area is 63.7 Å². The van der Waals surface area contributed by atoms with Crippen molar-refractivity contribution in [3.8, 4) is 0 Å². The number of halogens is 1. The minimum absolute atomic E-state index is 0. The van der Waals surface area contributed by atoms with Gasteiger partial charge in [0.05, 0.1) is 0 Å². The van der Waals surface area contributed by atoms with Crippen molar-refractivity contribution in [3.05, 3.63) is 21.8 Å². The van der Waals surface area contributed by atoms with Gasteiger partial charge in [0.2, 0.25) is 4.74 Å². The van der Waals surface area contributed by atoms with Crippen molar-refractivity contribution in [3.63, 3.8) is 0 Å². The number of aryl methyl sites for hydroxylation is 1. The van der Waals surface area contributed by atoms with Crippen LogP contribution in [0.5, 0.6) is 0 Å². The Morgan fingerprint density at radius 1 is 1.78 bits per heavy atom. The molecule has 1 aromatic heterocycles. The molecular weight excluding hydrogens is 158 g/mol. The third-order valence-corrected chi connectivity index (χ3v) is 1.83. The Morgan fingerprint density at radius 3 is 2.67 bits per heavy atom. The smallest absolute Gasteiger partial charge is 0.249 e. The zero-order valence-corrected chi connectivity index (χ0v) is 6.67. The molecule has 0 aromatic carbocycles. The molecule has 52 valence electrons. The van der Waals surface area contributed by atoms with Crippen molar-refractivity contribution in [1.82, 2.24) is 3.96 Å². The van der Waals surface area contributed by atoms with Gasteiger partial charge in [0, 0.05) is 18.8 Å².